The Kier molecular flexibility index (Phi) is 3.89. The molecule has 0 atom stereocenters. The molecule has 5 rings (SSSR count). The number of nitrogens with two attached hydrogens (primary N) is 1. The maximum Gasteiger partial charge on any atom is 0.0653 e. The van der Waals surface area contributed by atoms with Crippen LogP contribution in [0.3, 0.4) is 0 Å². The van der Waals surface area contributed by atoms with E-state index in [-0.39, 0.29) is 0 Å². The van der Waals surface area contributed by atoms with E-state index in [4.69, 9.17) is 5.84 Å². The minimum Gasteiger partial charge on any atom is -0.279 e. The summed E-state index contributed by atoms with van der Waals surface area (Å²) in [5.41, 5.74) is 4.25. The van der Waals surface area contributed by atoms with E-state index in [1.54, 1.807) is 5.01 Å². The maximum atomic E-state index is 6.60. The fourth-order valence-corrected chi connectivity index (χ4v) is 4.63. The van der Waals surface area contributed by atoms with Crippen LogP contribution in [-0.2, 0) is 0 Å². The van der Waals surface area contributed by atoms with Crippen molar-refractivity contribution in [2.75, 3.05) is 5.01 Å². The summed E-state index contributed by atoms with van der Waals surface area (Å²) in [7, 11) is 0. The molecule has 0 amide bonds. The number of nitrogens with zero attached hydrogens (tertiary/aromatic N) is 1. The molecule has 0 aliphatic rings. The summed E-state index contributed by atoms with van der Waals surface area (Å²) in [5, 5.41) is 4.32. The molecule has 1 aromatic heterocycles. The van der Waals surface area contributed by atoms with Gasteiger partial charge >= 0.3 is 0 Å². The Morgan fingerprint density at radius 1 is 0.630 bits per heavy atom. The Hall–Kier alpha value is -3.14. The Morgan fingerprint density at radius 3 is 2.22 bits per heavy atom. The predicted octanol–water partition coefficient (Wildman–Crippen LogP) is 6.73. The maximum absolute atomic E-state index is 6.60. The molecular weight excluding hydrogens is 348 g/mol. The third-order valence-electron chi connectivity index (χ3n) is 4.89. The van der Waals surface area contributed by atoms with Crippen molar-refractivity contribution in [3.63, 3.8) is 0 Å². The van der Waals surface area contributed by atoms with Crippen LogP contribution in [0.1, 0.15) is 0 Å². The van der Waals surface area contributed by atoms with E-state index in [1.807, 2.05) is 23.5 Å². The second-order valence-corrected chi connectivity index (χ2v) is 7.62. The molecule has 0 fully saturated rings. The lowest BCUT2D eigenvalue weighted by molar-refractivity contribution is 1.09. The van der Waals surface area contributed by atoms with E-state index in [0.29, 0.717) is 0 Å². The number of rotatable bonds is 3. The van der Waals surface area contributed by atoms with E-state index in [2.05, 4.69) is 84.9 Å². The minimum absolute atomic E-state index is 0.981. The van der Waals surface area contributed by atoms with Crippen LogP contribution >= 0.6 is 11.3 Å². The third-order valence-corrected chi connectivity index (χ3v) is 6.04. The molecule has 0 saturated heterocycles. The van der Waals surface area contributed by atoms with Crippen molar-refractivity contribution in [1.82, 2.24) is 0 Å². The Labute approximate surface area is 162 Å². The van der Waals surface area contributed by atoms with E-state index in [9.17, 15) is 0 Å². The van der Waals surface area contributed by atoms with Gasteiger partial charge in [0.25, 0.3) is 0 Å². The molecule has 1 heterocycles. The van der Waals surface area contributed by atoms with Gasteiger partial charge in [0.1, 0.15) is 0 Å². The standard InChI is InChI=1S/C24H18N2S/c25-26(22-12-6-4-10-19(22)17-8-2-1-3-9-17)18-14-15-24-21(16-18)20-11-5-7-13-23(20)27-24/h1-16H,25H2. The molecule has 3 heteroatoms. The SMILES string of the molecule is NN(c1ccc2sc3ccccc3c2c1)c1ccccc1-c1ccccc1. The molecule has 27 heavy (non-hydrogen) atoms. The van der Waals surface area contributed by atoms with Crippen LogP contribution in [0, 0.1) is 0 Å². The van der Waals surface area contributed by atoms with E-state index < -0.39 is 0 Å². The molecule has 4 aromatic carbocycles. The number of fused-ring (bicyclic) bond motifs is 3. The zero-order valence-electron chi connectivity index (χ0n) is 14.7. The van der Waals surface area contributed by atoms with Crippen LogP contribution in [0.4, 0.5) is 11.4 Å². The molecule has 0 saturated carbocycles. The Balaban J connectivity index is 1.64. The van der Waals surface area contributed by atoms with Gasteiger partial charge in [-0.15, -0.1) is 11.3 Å². The summed E-state index contributed by atoms with van der Waals surface area (Å²) in [6, 6.07) is 33.6. The summed E-state index contributed by atoms with van der Waals surface area (Å²) in [4.78, 5) is 0. The molecular formula is C24H18N2S. The number of para-hydroxylation sites is 1. The Morgan fingerprint density at radius 2 is 1.33 bits per heavy atom. The van der Waals surface area contributed by atoms with Crippen molar-refractivity contribution in [1.29, 1.82) is 0 Å². The highest BCUT2D eigenvalue weighted by Gasteiger charge is 2.13. The molecule has 0 unspecified atom stereocenters. The van der Waals surface area contributed by atoms with Gasteiger partial charge < -0.3 is 0 Å². The summed E-state index contributed by atoms with van der Waals surface area (Å²) >= 11 is 1.82. The summed E-state index contributed by atoms with van der Waals surface area (Å²) < 4.78 is 2.59. The number of thiophene rings is 1. The van der Waals surface area contributed by atoms with Crippen LogP contribution in [0.15, 0.2) is 97.1 Å². The van der Waals surface area contributed by atoms with Gasteiger partial charge in [-0.3, -0.25) is 5.01 Å². The average Bonchev–Trinajstić information content (AvgIpc) is 3.12. The number of hydrazine groups is 1. The first-order valence-corrected chi connectivity index (χ1v) is 9.73. The molecule has 0 spiro atoms. The van der Waals surface area contributed by atoms with Crippen LogP contribution < -0.4 is 10.9 Å². The highest BCUT2D eigenvalue weighted by molar-refractivity contribution is 7.25. The molecule has 0 bridgehead atoms. The van der Waals surface area contributed by atoms with Crippen molar-refractivity contribution in [3.8, 4) is 11.1 Å². The van der Waals surface area contributed by atoms with Crippen molar-refractivity contribution in [3.05, 3.63) is 97.1 Å². The van der Waals surface area contributed by atoms with Gasteiger partial charge in [0.15, 0.2) is 0 Å². The van der Waals surface area contributed by atoms with Gasteiger partial charge in [0.2, 0.25) is 0 Å². The largest absolute Gasteiger partial charge is 0.279 e. The van der Waals surface area contributed by atoms with Gasteiger partial charge in [-0.25, -0.2) is 5.84 Å². The molecule has 130 valence electrons. The number of hydrogen-bond acceptors (Lipinski definition) is 3. The second kappa shape index (κ2) is 6.54. The molecule has 2 nitrogen and oxygen atoms in total. The molecule has 2 N–H and O–H groups in total. The van der Waals surface area contributed by atoms with E-state index >= 15 is 0 Å². The monoisotopic (exact) mass is 366 g/mol. The van der Waals surface area contributed by atoms with Gasteiger partial charge in [-0.1, -0.05) is 66.7 Å². The van der Waals surface area contributed by atoms with Crippen molar-refractivity contribution in [2.24, 2.45) is 5.84 Å². The topological polar surface area (TPSA) is 29.3 Å². The number of benzene rings is 4. The van der Waals surface area contributed by atoms with Crippen molar-refractivity contribution < 1.29 is 0 Å². The van der Waals surface area contributed by atoms with Crippen molar-refractivity contribution in [2.45, 2.75) is 0 Å². The molecule has 0 radical (unpaired) electrons. The first-order valence-electron chi connectivity index (χ1n) is 8.92. The molecule has 0 aliphatic heterocycles. The number of hydrogen-bond donors (Lipinski definition) is 1. The van der Waals surface area contributed by atoms with Gasteiger partial charge in [0.05, 0.1) is 11.4 Å². The smallest absolute Gasteiger partial charge is 0.0653 e. The van der Waals surface area contributed by atoms with Crippen LogP contribution in [0.5, 0.6) is 0 Å². The fraction of sp³-hybridized carbons (Fsp3) is 0. The fourth-order valence-electron chi connectivity index (χ4n) is 3.55. The summed E-state index contributed by atoms with van der Waals surface area (Å²) in [6.07, 6.45) is 0. The van der Waals surface area contributed by atoms with Crippen LogP contribution in [0.2, 0.25) is 0 Å². The zero-order valence-corrected chi connectivity index (χ0v) is 15.5. The highest BCUT2D eigenvalue weighted by atomic mass is 32.1. The van der Waals surface area contributed by atoms with Crippen LogP contribution in [-0.4, -0.2) is 0 Å². The van der Waals surface area contributed by atoms with E-state index in [1.165, 1.54) is 20.2 Å². The first kappa shape index (κ1) is 16.1. The third kappa shape index (κ3) is 2.78. The first-order chi connectivity index (χ1) is 13.3. The zero-order chi connectivity index (χ0) is 18.2. The summed E-state index contributed by atoms with van der Waals surface area (Å²) in [6.45, 7) is 0. The van der Waals surface area contributed by atoms with Gasteiger partial charge in [-0.05, 0) is 35.9 Å². The summed E-state index contributed by atoms with van der Waals surface area (Å²) in [5.74, 6) is 6.60. The second-order valence-electron chi connectivity index (χ2n) is 6.53. The normalized spacial score (nSPS) is 11.1. The molecule has 0 aliphatic carbocycles. The lowest BCUT2D eigenvalue weighted by Crippen LogP contribution is -2.25. The number of anilines is 2. The highest BCUT2D eigenvalue weighted by Crippen LogP contribution is 2.38. The van der Waals surface area contributed by atoms with Gasteiger partial charge in [0, 0.05) is 25.7 Å². The Bertz CT molecular complexity index is 1240. The van der Waals surface area contributed by atoms with Crippen LogP contribution in [0.25, 0.3) is 31.3 Å². The minimum atomic E-state index is 0.981. The lowest BCUT2D eigenvalue weighted by atomic mass is 10.0. The van der Waals surface area contributed by atoms with Crippen molar-refractivity contribution >= 4 is 42.9 Å². The molecule has 5 aromatic rings. The average molecular weight is 366 g/mol. The van der Waals surface area contributed by atoms with Gasteiger partial charge in [-0.2, -0.15) is 0 Å². The quantitative estimate of drug-likeness (QED) is 0.283. The van der Waals surface area contributed by atoms with E-state index in [0.717, 1.165) is 22.5 Å². The lowest BCUT2D eigenvalue weighted by Gasteiger charge is -2.22. The predicted molar refractivity (Wildman–Crippen MR) is 118 cm³/mol.